The standard InChI is InChI=1S/C23H18N2O3/c1-2-27-23(26)20-16-12-8-4-7-11-15(16)19-18(14-9-5-3-6-10-14)17(13-24)22(25)28-21(19)20/h3-12,18H,2,25H2,1H3. The van der Waals surface area contributed by atoms with Gasteiger partial charge in [0.05, 0.1) is 12.5 Å². The van der Waals surface area contributed by atoms with Crippen LogP contribution in [0.2, 0.25) is 0 Å². The van der Waals surface area contributed by atoms with Crippen molar-refractivity contribution in [1.29, 1.82) is 5.26 Å². The molecule has 0 bridgehead atoms. The Morgan fingerprint density at radius 3 is 2.39 bits per heavy atom. The van der Waals surface area contributed by atoms with Crippen molar-refractivity contribution in [3.63, 3.8) is 0 Å². The third-order valence-corrected chi connectivity index (χ3v) is 4.86. The number of carbonyl (C=O) groups excluding carboxylic acids is 1. The molecule has 1 aliphatic heterocycles. The maximum atomic E-state index is 12.8. The molecular weight excluding hydrogens is 352 g/mol. The van der Waals surface area contributed by atoms with E-state index in [2.05, 4.69) is 6.07 Å². The second kappa shape index (κ2) is 7.09. The molecule has 2 N–H and O–H groups in total. The van der Waals surface area contributed by atoms with Crippen molar-refractivity contribution >= 4 is 5.97 Å². The molecule has 1 aromatic carbocycles. The Morgan fingerprint density at radius 1 is 1.11 bits per heavy atom. The second-order valence-corrected chi connectivity index (χ2v) is 6.41. The van der Waals surface area contributed by atoms with Gasteiger partial charge in [-0.2, -0.15) is 5.26 Å². The van der Waals surface area contributed by atoms with Crippen molar-refractivity contribution in [3.05, 3.63) is 88.8 Å². The SMILES string of the molecule is CCOC(=O)c1c2cccccc-2c2c1OC(N)=C(C#N)C2c1ccccc1. The van der Waals surface area contributed by atoms with E-state index in [-0.39, 0.29) is 12.5 Å². The highest BCUT2D eigenvalue weighted by Gasteiger charge is 2.39. The van der Waals surface area contributed by atoms with Crippen LogP contribution in [0.15, 0.2) is 72.1 Å². The molecule has 0 saturated heterocycles. The van der Waals surface area contributed by atoms with Gasteiger partial charge in [-0.3, -0.25) is 0 Å². The number of hydrogen-bond donors (Lipinski definition) is 1. The molecule has 0 amide bonds. The first-order valence-electron chi connectivity index (χ1n) is 9.01. The first kappa shape index (κ1) is 17.6. The number of rotatable bonds is 3. The minimum Gasteiger partial charge on any atom is -0.462 e. The molecule has 3 aliphatic rings. The number of fused-ring (bicyclic) bond motifs is 3. The zero-order chi connectivity index (χ0) is 19.7. The predicted octanol–water partition coefficient (Wildman–Crippen LogP) is 4.19. The summed E-state index contributed by atoms with van der Waals surface area (Å²) in [6.45, 7) is 2.00. The van der Waals surface area contributed by atoms with Crippen LogP contribution in [-0.4, -0.2) is 12.6 Å². The Hall–Kier alpha value is -3.78. The second-order valence-electron chi connectivity index (χ2n) is 6.41. The number of hydrogen-bond acceptors (Lipinski definition) is 5. The van der Waals surface area contributed by atoms with Crippen molar-refractivity contribution in [3.8, 4) is 22.9 Å². The lowest BCUT2D eigenvalue weighted by molar-refractivity contribution is 0.0524. The van der Waals surface area contributed by atoms with Gasteiger partial charge < -0.3 is 15.2 Å². The molecule has 5 nitrogen and oxygen atoms in total. The maximum Gasteiger partial charge on any atom is 0.342 e. The predicted molar refractivity (Wildman–Crippen MR) is 105 cm³/mol. The maximum absolute atomic E-state index is 12.8. The third-order valence-electron chi connectivity index (χ3n) is 4.86. The summed E-state index contributed by atoms with van der Waals surface area (Å²) < 4.78 is 11.1. The summed E-state index contributed by atoms with van der Waals surface area (Å²) in [5.74, 6) is -0.526. The van der Waals surface area contributed by atoms with Crippen LogP contribution in [0.1, 0.15) is 34.3 Å². The van der Waals surface area contributed by atoms with Crippen molar-refractivity contribution in [1.82, 2.24) is 0 Å². The normalized spacial score (nSPS) is 15.5. The summed E-state index contributed by atoms with van der Waals surface area (Å²) in [5.41, 5.74) is 9.97. The molecule has 1 atom stereocenters. The highest BCUT2D eigenvalue weighted by atomic mass is 16.5. The van der Waals surface area contributed by atoms with Gasteiger partial charge in [0.2, 0.25) is 5.88 Å². The Labute approximate surface area is 163 Å². The van der Waals surface area contributed by atoms with Gasteiger partial charge in [-0.25, -0.2) is 4.79 Å². The number of ether oxygens (including phenoxy) is 2. The van der Waals surface area contributed by atoms with Gasteiger partial charge in [-0.1, -0.05) is 60.7 Å². The van der Waals surface area contributed by atoms with Crippen molar-refractivity contribution in [2.75, 3.05) is 6.61 Å². The molecular formula is C23H18N2O3. The summed E-state index contributed by atoms with van der Waals surface area (Å²) >= 11 is 0. The minimum absolute atomic E-state index is 0.00841. The van der Waals surface area contributed by atoms with E-state index in [9.17, 15) is 10.1 Å². The van der Waals surface area contributed by atoms with E-state index in [0.29, 0.717) is 22.4 Å². The van der Waals surface area contributed by atoms with Crippen LogP contribution in [0, 0.1) is 11.3 Å². The summed E-state index contributed by atoms with van der Waals surface area (Å²) in [6, 6.07) is 21.2. The highest BCUT2D eigenvalue weighted by Crippen LogP contribution is 2.52. The molecule has 2 aliphatic carbocycles. The van der Waals surface area contributed by atoms with Crippen LogP contribution in [0.5, 0.6) is 5.75 Å². The average Bonchev–Trinajstić information content (AvgIpc) is 2.84. The minimum atomic E-state index is -0.472. The van der Waals surface area contributed by atoms with Crippen molar-refractivity contribution in [2.45, 2.75) is 12.8 Å². The van der Waals surface area contributed by atoms with Crippen LogP contribution in [0.4, 0.5) is 0 Å². The fourth-order valence-electron chi connectivity index (χ4n) is 3.73. The number of nitrogens with two attached hydrogens (primary N) is 1. The molecule has 1 heterocycles. The van der Waals surface area contributed by atoms with Crippen LogP contribution >= 0.6 is 0 Å². The zero-order valence-electron chi connectivity index (χ0n) is 15.3. The van der Waals surface area contributed by atoms with Gasteiger partial charge in [0.25, 0.3) is 0 Å². The first-order chi connectivity index (χ1) is 13.7. The lowest BCUT2D eigenvalue weighted by Crippen LogP contribution is -2.21. The Kier molecular flexibility index (Phi) is 4.46. The van der Waals surface area contributed by atoms with E-state index in [1.807, 2.05) is 60.7 Å². The molecule has 0 saturated carbocycles. The lowest BCUT2D eigenvalue weighted by atomic mass is 9.83. The first-order valence-corrected chi connectivity index (χ1v) is 9.01. The molecule has 4 rings (SSSR count). The smallest absolute Gasteiger partial charge is 0.342 e. The van der Waals surface area contributed by atoms with E-state index < -0.39 is 11.9 Å². The van der Waals surface area contributed by atoms with Gasteiger partial charge in [0, 0.05) is 11.1 Å². The quantitative estimate of drug-likeness (QED) is 0.699. The highest BCUT2D eigenvalue weighted by molar-refractivity contribution is 6.05. The van der Waals surface area contributed by atoms with E-state index in [4.69, 9.17) is 15.2 Å². The van der Waals surface area contributed by atoms with Crippen LogP contribution in [0.3, 0.4) is 0 Å². The largest absolute Gasteiger partial charge is 0.462 e. The zero-order valence-corrected chi connectivity index (χ0v) is 15.3. The monoisotopic (exact) mass is 370 g/mol. The van der Waals surface area contributed by atoms with E-state index >= 15 is 0 Å². The van der Waals surface area contributed by atoms with E-state index in [0.717, 1.165) is 16.7 Å². The van der Waals surface area contributed by atoms with Gasteiger partial charge in [0.15, 0.2) is 0 Å². The fraction of sp³-hybridized carbons (Fsp3) is 0.130. The number of esters is 1. The summed E-state index contributed by atoms with van der Waals surface area (Å²) in [5, 5.41) is 9.78. The van der Waals surface area contributed by atoms with Gasteiger partial charge in [-0.15, -0.1) is 0 Å². The Bertz CT molecular complexity index is 1100. The molecule has 1 unspecified atom stereocenters. The molecule has 28 heavy (non-hydrogen) atoms. The van der Waals surface area contributed by atoms with Gasteiger partial charge in [-0.05, 0) is 18.1 Å². The topological polar surface area (TPSA) is 85.3 Å². The lowest BCUT2D eigenvalue weighted by Gasteiger charge is -2.25. The van der Waals surface area contributed by atoms with E-state index in [1.54, 1.807) is 6.92 Å². The number of nitriles is 1. The summed E-state index contributed by atoms with van der Waals surface area (Å²) in [7, 11) is 0. The van der Waals surface area contributed by atoms with Crippen LogP contribution < -0.4 is 10.5 Å². The molecule has 138 valence electrons. The summed E-state index contributed by atoms with van der Waals surface area (Å²) in [6.07, 6.45) is 0. The molecule has 1 aromatic rings. The molecule has 0 aromatic heterocycles. The molecule has 5 heteroatoms. The molecule has 0 fully saturated rings. The van der Waals surface area contributed by atoms with Crippen LogP contribution in [-0.2, 0) is 4.74 Å². The number of allylic oxidation sites excluding steroid dienone is 1. The van der Waals surface area contributed by atoms with Crippen LogP contribution in [0.25, 0.3) is 11.1 Å². The fourth-order valence-corrected chi connectivity index (χ4v) is 3.73. The number of carbonyl (C=O) groups is 1. The third kappa shape index (κ3) is 2.67. The van der Waals surface area contributed by atoms with E-state index in [1.165, 1.54) is 0 Å². The number of nitrogens with zero attached hydrogens (tertiary/aromatic N) is 1. The van der Waals surface area contributed by atoms with Gasteiger partial charge in [0.1, 0.15) is 23.0 Å². The number of benzene rings is 1. The Morgan fingerprint density at radius 2 is 1.75 bits per heavy atom. The molecule has 0 spiro atoms. The average molecular weight is 370 g/mol. The summed E-state index contributed by atoms with van der Waals surface area (Å²) in [4.78, 5) is 12.8. The van der Waals surface area contributed by atoms with Crippen molar-refractivity contribution < 1.29 is 14.3 Å². The van der Waals surface area contributed by atoms with Crippen molar-refractivity contribution in [2.24, 2.45) is 5.73 Å². The van der Waals surface area contributed by atoms with Gasteiger partial charge >= 0.3 is 5.97 Å². The molecule has 0 radical (unpaired) electrons. The Balaban J connectivity index is 2.07.